The highest BCUT2D eigenvalue weighted by Crippen LogP contribution is 2.10. The Labute approximate surface area is 110 Å². The van der Waals surface area contributed by atoms with E-state index in [1.165, 1.54) is 12.3 Å². The lowest BCUT2D eigenvalue weighted by Crippen LogP contribution is -2.26. The topological polar surface area (TPSA) is 79.3 Å². The normalized spacial score (nSPS) is 11.9. The number of carbonyl (C=O) groups is 2. The molecular formula is C13H17FN2O3. The van der Waals surface area contributed by atoms with Crippen LogP contribution in [0.15, 0.2) is 18.5 Å². The summed E-state index contributed by atoms with van der Waals surface area (Å²) in [6.45, 7) is 2.31. The number of nitrogens with one attached hydrogen (secondary N) is 1. The minimum atomic E-state index is -0.824. The molecule has 0 radical (unpaired) electrons. The van der Waals surface area contributed by atoms with Crippen molar-refractivity contribution in [3.63, 3.8) is 0 Å². The van der Waals surface area contributed by atoms with Gasteiger partial charge in [-0.3, -0.25) is 14.6 Å². The van der Waals surface area contributed by atoms with E-state index in [4.69, 9.17) is 5.11 Å². The van der Waals surface area contributed by atoms with E-state index < -0.39 is 17.7 Å². The van der Waals surface area contributed by atoms with E-state index in [0.717, 1.165) is 6.20 Å². The summed E-state index contributed by atoms with van der Waals surface area (Å²) in [5.41, 5.74) is -0.0341. The Kier molecular flexibility index (Phi) is 5.92. The highest BCUT2D eigenvalue weighted by atomic mass is 19.1. The van der Waals surface area contributed by atoms with Gasteiger partial charge >= 0.3 is 5.97 Å². The summed E-state index contributed by atoms with van der Waals surface area (Å²) in [5.74, 6) is -1.77. The van der Waals surface area contributed by atoms with E-state index in [0.29, 0.717) is 19.4 Å². The molecule has 0 aliphatic rings. The lowest BCUT2D eigenvalue weighted by atomic mass is 10.0. The third-order valence-electron chi connectivity index (χ3n) is 2.79. The molecule has 0 fully saturated rings. The molecule has 1 aromatic rings. The average molecular weight is 268 g/mol. The van der Waals surface area contributed by atoms with Gasteiger partial charge in [0.1, 0.15) is 0 Å². The zero-order chi connectivity index (χ0) is 14.3. The van der Waals surface area contributed by atoms with Crippen molar-refractivity contribution >= 4 is 11.9 Å². The predicted octanol–water partition coefficient (Wildman–Crippen LogP) is 1.84. The number of pyridine rings is 1. The maximum absolute atomic E-state index is 13.2. The molecule has 0 aliphatic heterocycles. The number of halogens is 1. The minimum absolute atomic E-state index is 0.0341. The highest BCUT2D eigenvalue weighted by Gasteiger charge is 2.11. The first-order valence-electron chi connectivity index (χ1n) is 6.10. The molecule has 19 heavy (non-hydrogen) atoms. The molecule has 0 saturated carbocycles. The summed E-state index contributed by atoms with van der Waals surface area (Å²) in [6.07, 6.45) is 3.69. The number of hydrogen-bond donors (Lipinski definition) is 2. The summed E-state index contributed by atoms with van der Waals surface area (Å²) in [7, 11) is 0. The van der Waals surface area contributed by atoms with Gasteiger partial charge in [0, 0.05) is 19.2 Å². The number of aromatic nitrogens is 1. The van der Waals surface area contributed by atoms with E-state index >= 15 is 0 Å². The van der Waals surface area contributed by atoms with Crippen LogP contribution in [-0.4, -0.2) is 28.5 Å². The second kappa shape index (κ2) is 7.45. The predicted molar refractivity (Wildman–Crippen MR) is 67.2 cm³/mol. The zero-order valence-electron chi connectivity index (χ0n) is 10.7. The van der Waals surface area contributed by atoms with Crippen molar-refractivity contribution in [3.8, 4) is 0 Å². The number of hydrogen-bond acceptors (Lipinski definition) is 3. The maximum Gasteiger partial charge on any atom is 0.303 e. The molecular weight excluding hydrogens is 251 g/mol. The molecule has 1 atom stereocenters. The van der Waals surface area contributed by atoms with Crippen LogP contribution in [0.25, 0.3) is 0 Å². The zero-order valence-corrected chi connectivity index (χ0v) is 10.7. The molecule has 5 nitrogen and oxygen atoms in total. The molecule has 1 unspecified atom stereocenters. The largest absolute Gasteiger partial charge is 0.481 e. The summed E-state index contributed by atoms with van der Waals surface area (Å²) in [4.78, 5) is 25.6. The van der Waals surface area contributed by atoms with Crippen molar-refractivity contribution in [3.05, 3.63) is 29.8 Å². The molecule has 1 amide bonds. The average Bonchev–Trinajstić information content (AvgIpc) is 2.36. The smallest absolute Gasteiger partial charge is 0.303 e. The number of carbonyl (C=O) groups excluding carboxylic acids is 1. The van der Waals surface area contributed by atoms with Crippen LogP contribution in [0, 0.1) is 11.7 Å². The van der Waals surface area contributed by atoms with Crippen LogP contribution in [0.5, 0.6) is 0 Å². The Bertz CT molecular complexity index is 451. The fourth-order valence-electron chi connectivity index (χ4n) is 1.60. The second-order valence-electron chi connectivity index (χ2n) is 4.44. The monoisotopic (exact) mass is 268 g/mol. The Morgan fingerprint density at radius 3 is 2.84 bits per heavy atom. The Morgan fingerprint density at radius 1 is 1.47 bits per heavy atom. The fraction of sp³-hybridized carbons (Fsp3) is 0.462. The van der Waals surface area contributed by atoms with Gasteiger partial charge in [-0.2, -0.15) is 0 Å². The Balaban J connectivity index is 2.31. The van der Waals surface area contributed by atoms with Crippen LogP contribution < -0.4 is 5.32 Å². The van der Waals surface area contributed by atoms with Gasteiger partial charge in [0.05, 0.1) is 11.8 Å². The number of nitrogens with zero attached hydrogens (tertiary/aromatic N) is 1. The molecule has 2 N–H and O–H groups in total. The Hall–Kier alpha value is -1.98. The molecule has 1 rings (SSSR count). The van der Waals surface area contributed by atoms with Crippen molar-refractivity contribution in [2.24, 2.45) is 5.92 Å². The first-order valence-corrected chi connectivity index (χ1v) is 6.10. The van der Waals surface area contributed by atoms with E-state index in [1.54, 1.807) is 0 Å². The van der Waals surface area contributed by atoms with Gasteiger partial charge in [-0.15, -0.1) is 0 Å². The van der Waals surface area contributed by atoms with Crippen molar-refractivity contribution in [1.82, 2.24) is 10.3 Å². The molecule has 6 heteroatoms. The highest BCUT2D eigenvalue weighted by molar-refractivity contribution is 5.94. The minimum Gasteiger partial charge on any atom is -0.481 e. The molecule has 0 spiro atoms. The van der Waals surface area contributed by atoms with Crippen molar-refractivity contribution < 1.29 is 19.1 Å². The number of carboxylic acids is 1. The molecule has 1 aromatic heterocycles. The first kappa shape index (κ1) is 15.1. The van der Waals surface area contributed by atoms with Gasteiger partial charge in [-0.1, -0.05) is 6.92 Å². The maximum atomic E-state index is 13.2. The molecule has 0 saturated heterocycles. The van der Waals surface area contributed by atoms with Gasteiger partial charge in [0.2, 0.25) is 0 Å². The standard InChI is InChI=1S/C13H17FN2O3/c1-9(2-3-12(17)18)4-7-16-13(19)10-5-6-15-8-11(10)14/h5-6,8-9H,2-4,7H2,1H3,(H,16,19)(H,17,18). The summed E-state index contributed by atoms with van der Waals surface area (Å²) in [5, 5.41) is 11.1. The third-order valence-corrected chi connectivity index (χ3v) is 2.79. The summed E-state index contributed by atoms with van der Waals surface area (Å²) < 4.78 is 13.2. The van der Waals surface area contributed by atoms with Crippen LogP contribution in [-0.2, 0) is 4.79 Å². The van der Waals surface area contributed by atoms with E-state index in [1.807, 2.05) is 6.92 Å². The molecule has 104 valence electrons. The Morgan fingerprint density at radius 2 is 2.21 bits per heavy atom. The van der Waals surface area contributed by atoms with Crippen LogP contribution in [0.1, 0.15) is 36.5 Å². The molecule has 0 bridgehead atoms. The third kappa shape index (κ3) is 5.46. The second-order valence-corrected chi connectivity index (χ2v) is 4.44. The SMILES string of the molecule is CC(CCNC(=O)c1ccncc1F)CCC(=O)O. The van der Waals surface area contributed by atoms with Gasteiger partial charge in [-0.25, -0.2) is 4.39 Å². The van der Waals surface area contributed by atoms with Gasteiger partial charge in [-0.05, 0) is 24.8 Å². The molecule has 0 aromatic carbocycles. The number of aliphatic carboxylic acids is 1. The number of carboxylic acid groups (broad SMARTS) is 1. The van der Waals surface area contributed by atoms with Crippen molar-refractivity contribution in [2.75, 3.05) is 6.54 Å². The number of amides is 1. The fourth-order valence-corrected chi connectivity index (χ4v) is 1.60. The summed E-state index contributed by atoms with van der Waals surface area (Å²) >= 11 is 0. The van der Waals surface area contributed by atoms with Crippen LogP contribution in [0.4, 0.5) is 4.39 Å². The molecule has 0 aliphatic carbocycles. The van der Waals surface area contributed by atoms with Crippen molar-refractivity contribution in [2.45, 2.75) is 26.2 Å². The van der Waals surface area contributed by atoms with Crippen molar-refractivity contribution in [1.29, 1.82) is 0 Å². The van der Waals surface area contributed by atoms with Gasteiger partial charge in [0.25, 0.3) is 5.91 Å². The van der Waals surface area contributed by atoms with Gasteiger partial charge in [0.15, 0.2) is 5.82 Å². The summed E-state index contributed by atoms with van der Waals surface area (Å²) in [6, 6.07) is 1.32. The van der Waals surface area contributed by atoms with Gasteiger partial charge < -0.3 is 10.4 Å². The first-order chi connectivity index (χ1) is 9.00. The lowest BCUT2D eigenvalue weighted by Gasteiger charge is -2.10. The quantitative estimate of drug-likeness (QED) is 0.790. The lowest BCUT2D eigenvalue weighted by molar-refractivity contribution is -0.137. The van der Waals surface area contributed by atoms with E-state index in [2.05, 4.69) is 10.3 Å². The van der Waals surface area contributed by atoms with E-state index in [-0.39, 0.29) is 17.9 Å². The van der Waals surface area contributed by atoms with Crippen LogP contribution >= 0.6 is 0 Å². The van der Waals surface area contributed by atoms with Crippen LogP contribution in [0.3, 0.4) is 0 Å². The van der Waals surface area contributed by atoms with E-state index in [9.17, 15) is 14.0 Å². The number of rotatable bonds is 7. The molecule has 1 heterocycles. The van der Waals surface area contributed by atoms with Crippen LogP contribution in [0.2, 0.25) is 0 Å².